The molecule has 3 aromatic carbocycles. The fraction of sp³-hybridized carbons (Fsp3) is 0.333. The van der Waals surface area contributed by atoms with Crippen molar-refractivity contribution in [3.8, 4) is 5.75 Å². The maximum atomic E-state index is 14.0. The molecule has 0 aliphatic heterocycles. The number of nitrogens with zero attached hydrogens (tertiary/aromatic N) is 3. The van der Waals surface area contributed by atoms with Crippen LogP contribution in [0, 0.1) is 28.8 Å². The molecule has 0 aromatic heterocycles. The molecule has 2 amide bonds. The molecule has 13 heteroatoms. The number of carbonyl (C=O) groups excluding carboxylic acids is 2. The van der Waals surface area contributed by atoms with Gasteiger partial charge in [-0.1, -0.05) is 32.0 Å². The van der Waals surface area contributed by atoms with Crippen molar-refractivity contribution in [2.45, 2.75) is 45.2 Å². The summed E-state index contributed by atoms with van der Waals surface area (Å²) < 4.78 is 47.6. The molecule has 0 unspecified atom stereocenters. The Hall–Kier alpha value is -4.52. The maximum absolute atomic E-state index is 14.0. The van der Waals surface area contributed by atoms with Crippen molar-refractivity contribution in [3.05, 3.63) is 93.8 Å². The highest BCUT2D eigenvalue weighted by atomic mass is 32.2. The number of anilines is 1. The summed E-state index contributed by atoms with van der Waals surface area (Å²) in [6, 6.07) is 13.8. The number of aryl methyl sites for hydroxylation is 1. The van der Waals surface area contributed by atoms with Crippen molar-refractivity contribution < 1.29 is 32.1 Å². The normalized spacial score (nSPS) is 12.0. The van der Waals surface area contributed by atoms with E-state index in [4.69, 9.17) is 4.74 Å². The fourth-order valence-electron chi connectivity index (χ4n) is 4.17. The van der Waals surface area contributed by atoms with Gasteiger partial charge in [0.25, 0.3) is 15.7 Å². The molecule has 11 nitrogen and oxygen atoms in total. The van der Waals surface area contributed by atoms with Crippen LogP contribution in [0.1, 0.15) is 31.9 Å². The number of carbonyl (C=O) groups is 2. The van der Waals surface area contributed by atoms with Crippen molar-refractivity contribution in [2.75, 3.05) is 24.5 Å². The van der Waals surface area contributed by atoms with Gasteiger partial charge in [0.1, 0.15) is 24.2 Å². The first-order valence-electron chi connectivity index (χ1n) is 13.5. The van der Waals surface area contributed by atoms with Crippen LogP contribution >= 0.6 is 0 Å². The van der Waals surface area contributed by atoms with Crippen LogP contribution in [0.15, 0.2) is 71.6 Å². The second-order valence-electron chi connectivity index (χ2n) is 10.4. The van der Waals surface area contributed by atoms with E-state index in [-0.39, 0.29) is 28.6 Å². The molecular formula is C30H35FN4O7S. The van der Waals surface area contributed by atoms with E-state index in [1.54, 1.807) is 0 Å². The largest absolute Gasteiger partial charge is 0.497 e. The van der Waals surface area contributed by atoms with Crippen LogP contribution in [0.3, 0.4) is 0 Å². The SMILES string of the molecule is COc1ccc(N(CC(=O)N(Cc2ccc(F)cc2)[C@H](C)C(=O)NCC(C)C)S(=O)(=O)c2ccc(C)c([N+](=O)[O-])c2)cc1. The third-order valence-corrected chi connectivity index (χ3v) is 8.49. The number of ether oxygens (including phenoxy) is 1. The number of nitrogens with one attached hydrogen (secondary N) is 1. The van der Waals surface area contributed by atoms with Crippen LogP contribution in [0.5, 0.6) is 5.75 Å². The van der Waals surface area contributed by atoms with E-state index in [2.05, 4.69) is 5.32 Å². The van der Waals surface area contributed by atoms with Crippen molar-refractivity contribution in [1.29, 1.82) is 0 Å². The zero-order valence-electron chi connectivity index (χ0n) is 24.6. The Morgan fingerprint density at radius 3 is 2.21 bits per heavy atom. The molecule has 43 heavy (non-hydrogen) atoms. The van der Waals surface area contributed by atoms with Gasteiger partial charge < -0.3 is 15.0 Å². The van der Waals surface area contributed by atoms with Crippen LogP contribution in [-0.4, -0.2) is 56.3 Å². The van der Waals surface area contributed by atoms with E-state index >= 15 is 0 Å². The summed E-state index contributed by atoms with van der Waals surface area (Å²) in [6.07, 6.45) is 0. The predicted octanol–water partition coefficient (Wildman–Crippen LogP) is 4.44. The lowest BCUT2D eigenvalue weighted by Gasteiger charge is -2.32. The molecule has 0 spiro atoms. The number of hydrogen-bond donors (Lipinski definition) is 1. The molecule has 0 aliphatic carbocycles. The highest BCUT2D eigenvalue weighted by Gasteiger charge is 2.33. The topological polar surface area (TPSA) is 139 Å². The van der Waals surface area contributed by atoms with Gasteiger partial charge in [-0.3, -0.25) is 24.0 Å². The first kappa shape index (κ1) is 33.0. The van der Waals surface area contributed by atoms with Crippen molar-refractivity contribution in [3.63, 3.8) is 0 Å². The molecule has 1 N–H and O–H groups in total. The van der Waals surface area contributed by atoms with E-state index in [0.717, 1.165) is 10.4 Å². The molecule has 0 fully saturated rings. The summed E-state index contributed by atoms with van der Waals surface area (Å²) in [4.78, 5) is 38.7. The van der Waals surface area contributed by atoms with Gasteiger partial charge in [0, 0.05) is 24.7 Å². The number of halogens is 1. The first-order chi connectivity index (χ1) is 20.2. The highest BCUT2D eigenvalue weighted by Crippen LogP contribution is 2.29. The van der Waals surface area contributed by atoms with Crippen LogP contribution < -0.4 is 14.4 Å². The Kier molecular flexibility index (Phi) is 10.8. The zero-order valence-corrected chi connectivity index (χ0v) is 25.4. The van der Waals surface area contributed by atoms with E-state index in [0.29, 0.717) is 17.9 Å². The maximum Gasteiger partial charge on any atom is 0.273 e. The monoisotopic (exact) mass is 614 g/mol. The minimum atomic E-state index is -4.53. The Bertz CT molecular complexity index is 1560. The van der Waals surface area contributed by atoms with E-state index in [1.807, 2.05) is 13.8 Å². The number of nitro groups is 1. The zero-order chi connectivity index (χ0) is 31.9. The summed E-state index contributed by atoms with van der Waals surface area (Å²) in [5, 5.41) is 14.4. The number of hydrogen-bond acceptors (Lipinski definition) is 7. The van der Waals surface area contributed by atoms with Crippen LogP contribution in [0.25, 0.3) is 0 Å². The molecule has 0 aliphatic rings. The average molecular weight is 615 g/mol. The van der Waals surface area contributed by atoms with Crippen molar-refractivity contribution >= 4 is 33.2 Å². The van der Waals surface area contributed by atoms with Crippen LogP contribution in [0.2, 0.25) is 0 Å². The lowest BCUT2D eigenvalue weighted by Crippen LogP contribution is -2.51. The summed E-state index contributed by atoms with van der Waals surface area (Å²) in [6.45, 7) is 6.35. The number of benzene rings is 3. The van der Waals surface area contributed by atoms with Gasteiger partial charge in [-0.2, -0.15) is 0 Å². The Labute approximate surface area is 250 Å². The lowest BCUT2D eigenvalue weighted by molar-refractivity contribution is -0.385. The van der Waals surface area contributed by atoms with E-state index in [1.165, 1.54) is 86.5 Å². The number of methoxy groups -OCH3 is 1. The van der Waals surface area contributed by atoms with Crippen molar-refractivity contribution in [2.24, 2.45) is 5.92 Å². The van der Waals surface area contributed by atoms with Gasteiger partial charge in [0.05, 0.1) is 22.6 Å². The standard InChI is InChI=1S/C30H35FN4O7S/c1-20(2)17-32-30(37)22(4)33(18-23-7-9-24(31)10-8-23)29(36)19-34(25-11-13-26(42-5)14-12-25)43(40,41)27-15-6-21(3)28(16-27)35(38)39/h6-16,20,22H,17-19H2,1-5H3,(H,32,37)/t22-/m1/s1. The number of rotatable bonds is 13. The molecule has 3 rings (SSSR count). The second kappa shape index (κ2) is 14.1. The Morgan fingerprint density at radius 1 is 1.02 bits per heavy atom. The highest BCUT2D eigenvalue weighted by molar-refractivity contribution is 7.92. The van der Waals surface area contributed by atoms with Crippen LogP contribution in [-0.2, 0) is 26.2 Å². The summed E-state index contributed by atoms with van der Waals surface area (Å²) in [7, 11) is -3.09. The van der Waals surface area contributed by atoms with Gasteiger partial charge in [0.2, 0.25) is 11.8 Å². The van der Waals surface area contributed by atoms with Gasteiger partial charge in [-0.25, -0.2) is 12.8 Å². The first-order valence-corrected chi connectivity index (χ1v) is 14.9. The smallest absolute Gasteiger partial charge is 0.273 e. The molecule has 3 aromatic rings. The van der Waals surface area contributed by atoms with E-state index in [9.17, 15) is 32.5 Å². The summed E-state index contributed by atoms with van der Waals surface area (Å²) >= 11 is 0. The lowest BCUT2D eigenvalue weighted by atomic mass is 10.1. The fourth-order valence-corrected chi connectivity index (χ4v) is 5.61. The van der Waals surface area contributed by atoms with Crippen molar-refractivity contribution in [1.82, 2.24) is 10.2 Å². The van der Waals surface area contributed by atoms with Gasteiger partial charge in [0.15, 0.2) is 0 Å². The number of sulfonamides is 1. The van der Waals surface area contributed by atoms with Crippen LogP contribution in [0.4, 0.5) is 15.8 Å². The van der Waals surface area contributed by atoms with Gasteiger partial charge >= 0.3 is 0 Å². The molecule has 0 bridgehead atoms. The number of nitro benzene ring substituents is 1. The molecule has 230 valence electrons. The molecule has 0 saturated carbocycles. The molecule has 0 radical (unpaired) electrons. The Morgan fingerprint density at radius 2 is 1.65 bits per heavy atom. The Balaban J connectivity index is 2.07. The summed E-state index contributed by atoms with van der Waals surface area (Å²) in [5.74, 6) is -1.07. The second-order valence-corrected chi connectivity index (χ2v) is 12.2. The molecule has 1 atom stereocenters. The van der Waals surface area contributed by atoms with Gasteiger partial charge in [-0.15, -0.1) is 0 Å². The summed E-state index contributed by atoms with van der Waals surface area (Å²) in [5.41, 5.74) is 0.487. The number of amides is 2. The molecule has 0 saturated heterocycles. The van der Waals surface area contributed by atoms with E-state index < -0.39 is 50.9 Å². The molecular weight excluding hydrogens is 579 g/mol. The predicted molar refractivity (Wildman–Crippen MR) is 160 cm³/mol. The van der Waals surface area contributed by atoms with Gasteiger partial charge in [-0.05, 0) is 67.8 Å². The quantitative estimate of drug-likeness (QED) is 0.222. The average Bonchev–Trinajstić information content (AvgIpc) is 2.97. The third kappa shape index (κ3) is 8.28. The third-order valence-electron chi connectivity index (χ3n) is 6.72. The molecule has 0 heterocycles. The minimum Gasteiger partial charge on any atom is -0.497 e. The minimum absolute atomic E-state index is 0.0935.